The monoisotopic (exact) mass is 560 g/mol. The minimum Gasteiger partial charge on any atom is -0.335 e. The summed E-state index contributed by atoms with van der Waals surface area (Å²) in [5.41, 5.74) is 17.1. The van der Waals surface area contributed by atoms with E-state index in [0.29, 0.717) is 0 Å². The summed E-state index contributed by atoms with van der Waals surface area (Å²) in [5.74, 6) is 0. The van der Waals surface area contributed by atoms with E-state index in [1.54, 1.807) is 22.3 Å². The normalized spacial score (nSPS) is 16.5. The first-order chi connectivity index (χ1) is 19.5. The Labute approximate surface area is 244 Å². The largest absolute Gasteiger partial charge is 0.335 e. The van der Waals surface area contributed by atoms with Gasteiger partial charge in [0.05, 0.1) is 11.4 Å². The summed E-state index contributed by atoms with van der Waals surface area (Å²) in [4.78, 5) is 7.57. The van der Waals surface area contributed by atoms with Gasteiger partial charge in [-0.3, -0.25) is 0 Å². The van der Waals surface area contributed by atoms with Crippen molar-refractivity contribution in [1.29, 1.82) is 0 Å². The van der Waals surface area contributed by atoms with Gasteiger partial charge in [-0.2, -0.15) is 9.13 Å². The number of benzene rings is 2. The summed E-state index contributed by atoms with van der Waals surface area (Å²) < 4.78 is 4.43. The van der Waals surface area contributed by atoms with Gasteiger partial charge in [0.15, 0.2) is 12.4 Å². The summed E-state index contributed by atoms with van der Waals surface area (Å²) in [5, 5.41) is 0. The molecule has 198 valence electrons. The molecule has 4 nitrogen and oxygen atoms in total. The minimum absolute atomic E-state index is 1.18. The lowest BCUT2D eigenvalue weighted by Gasteiger charge is -2.27. The van der Waals surface area contributed by atoms with E-state index >= 15 is 0 Å². The molecule has 40 heavy (non-hydrogen) atoms. The molecule has 8 rings (SSSR count). The smallest absolute Gasteiger partial charge is 0.231 e. The van der Waals surface area contributed by atoms with Gasteiger partial charge in [0.1, 0.15) is 25.5 Å². The number of aromatic nitrogens is 2. The SMILES string of the molecule is CN1C(c2ccc(SSc3ccc(C4=C(c5cccc[n+]5C)N4C)c4c3CC4)c3c2CC3)=C1c1cccc[n+]1C. The van der Waals surface area contributed by atoms with Gasteiger partial charge >= 0.3 is 0 Å². The van der Waals surface area contributed by atoms with Crippen LogP contribution in [0.3, 0.4) is 0 Å². The zero-order valence-electron chi connectivity index (χ0n) is 23.4. The van der Waals surface area contributed by atoms with Crippen LogP contribution in [-0.2, 0) is 39.8 Å². The van der Waals surface area contributed by atoms with Crippen LogP contribution in [0.1, 0.15) is 44.8 Å². The molecular formula is C34H32N4S2+2. The first-order valence-electron chi connectivity index (χ1n) is 14.0. The maximum atomic E-state index is 2.37. The van der Waals surface area contributed by atoms with E-state index in [1.807, 2.05) is 21.6 Å². The number of hydrogen-bond donors (Lipinski definition) is 0. The molecule has 0 saturated carbocycles. The van der Waals surface area contributed by atoms with Crippen LogP contribution in [-0.4, -0.2) is 23.9 Å². The molecule has 0 amide bonds. The van der Waals surface area contributed by atoms with Crippen molar-refractivity contribution in [3.63, 3.8) is 0 Å². The molecule has 0 spiro atoms. The fourth-order valence-electron chi connectivity index (χ4n) is 6.53. The predicted molar refractivity (Wildman–Crippen MR) is 164 cm³/mol. The van der Waals surface area contributed by atoms with E-state index in [2.05, 4.69) is 120 Å². The van der Waals surface area contributed by atoms with Crippen molar-refractivity contribution in [2.75, 3.05) is 14.1 Å². The highest BCUT2D eigenvalue weighted by molar-refractivity contribution is 8.76. The number of pyridine rings is 2. The fraction of sp³-hybridized carbons (Fsp3) is 0.235. The lowest BCUT2D eigenvalue weighted by Crippen LogP contribution is -2.31. The molecule has 0 saturated heterocycles. The Morgan fingerprint density at radius 2 is 0.950 bits per heavy atom. The molecule has 6 heteroatoms. The third kappa shape index (κ3) is 3.62. The molecule has 4 aromatic rings. The second-order valence-electron chi connectivity index (χ2n) is 11.2. The highest BCUT2D eigenvalue weighted by Gasteiger charge is 2.41. The van der Waals surface area contributed by atoms with Gasteiger partial charge in [0.2, 0.25) is 11.4 Å². The van der Waals surface area contributed by atoms with Gasteiger partial charge in [0.25, 0.3) is 0 Å². The van der Waals surface area contributed by atoms with Crippen molar-refractivity contribution in [1.82, 2.24) is 9.80 Å². The first-order valence-corrected chi connectivity index (χ1v) is 16.2. The van der Waals surface area contributed by atoms with Crippen LogP contribution in [0.15, 0.2) is 82.8 Å². The fourth-order valence-corrected chi connectivity index (χ4v) is 9.09. The van der Waals surface area contributed by atoms with Crippen molar-refractivity contribution < 1.29 is 9.13 Å². The number of rotatable bonds is 7. The molecule has 2 aliphatic heterocycles. The van der Waals surface area contributed by atoms with Crippen LogP contribution in [0, 0.1) is 0 Å². The van der Waals surface area contributed by atoms with Crippen LogP contribution in [0.25, 0.3) is 22.8 Å². The third-order valence-electron chi connectivity index (χ3n) is 9.04. The van der Waals surface area contributed by atoms with Gasteiger partial charge in [-0.15, -0.1) is 0 Å². The Balaban J connectivity index is 1.04. The maximum Gasteiger partial charge on any atom is 0.231 e. The molecule has 2 aliphatic carbocycles. The summed E-state index contributed by atoms with van der Waals surface area (Å²) >= 11 is 0. The number of fused-ring (bicyclic) bond motifs is 2. The lowest BCUT2D eigenvalue weighted by molar-refractivity contribution is -0.674. The summed E-state index contributed by atoms with van der Waals surface area (Å²) in [6.45, 7) is 0. The molecule has 2 aromatic heterocycles. The van der Waals surface area contributed by atoms with Crippen molar-refractivity contribution in [2.24, 2.45) is 14.1 Å². The van der Waals surface area contributed by atoms with E-state index in [0.717, 1.165) is 0 Å². The minimum atomic E-state index is 1.18. The van der Waals surface area contributed by atoms with Crippen LogP contribution < -0.4 is 9.13 Å². The molecule has 0 bridgehead atoms. The Hall–Kier alpha value is -3.48. The molecular weight excluding hydrogens is 529 g/mol. The summed E-state index contributed by atoms with van der Waals surface area (Å²) in [6, 6.07) is 22.3. The van der Waals surface area contributed by atoms with Gasteiger partial charge in [0, 0.05) is 59.3 Å². The van der Waals surface area contributed by atoms with Crippen LogP contribution >= 0.6 is 21.6 Å². The van der Waals surface area contributed by atoms with Gasteiger partial charge in [-0.05, 0) is 72.2 Å². The Kier molecular flexibility index (Phi) is 5.48. The van der Waals surface area contributed by atoms with E-state index in [1.165, 1.54) is 80.8 Å². The first kappa shape index (κ1) is 24.3. The van der Waals surface area contributed by atoms with Crippen molar-refractivity contribution in [3.05, 3.63) is 118 Å². The second kappa shape index (κ2) is 9.02. The number of aryl methyl sites for hydroxylation is 2. The molecule has 0 N–H and O–H groups in total. The number of nitrogens with zero attached hydrogens (tertiary/aromatic N) is 4. The van der Waals surface area contributed by atoms with Crippen LogP contribution in [0.4, 0.5) is 0 Å². The van der Waals surface area contributed by atoms with E-state index in [4.69, 9.17) is 0 Å². The molecule has 0 radical (unpaired) electrons. The second-order valence-corrected chi connectivity index (χ2v) is 13.4. The third-order valence-corrected chi connectivity index (χ3v) is 11.6. The number of hydrogen-bond acceptors (Lipinski definition) is 4. The summed E-state index contributed by atoms with van der Waals surface area (Å²) in [6.07, 6.45) is 9.01. The molecule has 0 atom stereocenters. The maximum absolute atomic E-state index is 2.37. The van der Waals surface area contributed by atoms with E-state index < -0.39 is 0 Å². The van der Waals surface area contributed by atoms with Gasteiger partial charge in [-0.25, -0.2) is 0 Å². The van der Waals surface area contributed by atoms with E-state index in [-0.39, 0.29) is 0 Å². The topological polar surface area (TPSA) is 13.8 Å². The van der Waals surface area contributed by atoms with Crippen molar-refractivity contribution in [3.8, 4) is 0 Å². The van der Waals surface area contributed by atoms with Crippen LogP contribution in [0.2, 0.25) is 0 Å². The quantitative estimate of drug-likeness (QED) is 0.207. The van der Waals surface area contributed by atoms with E-state index in [9.17, 15) is 0 Å². The average Bonchev–Trinajstić information content (AvgIpc) is 3.78. The standard InChI is InChI=1S/C34H32N4S2/c1-35-19-7-5-9-27(35)33-31(37(33)3)25-15-17-29(23-13-11-21(23)25)39-40-30-18-16-26(22-12-14-24(22)30)32-34(38(32)4)28-10-6-8-20-36(28)2/h5-10,15-20H,11-14H2,1-4H3/q+2. The molecule has 0 unspecified atom stereocenters. The Morgan fingerprint density at radius 3 is 1.32 bits per heavy atom. The summed E-state index contributed by atoms with van der Waals surface area (Å²) in [7, 11) is 12.6. The average molecular weight is 561 g/mol. The zero-order valence-corrected chi connectivity index (χ0v) is 25.0. The highest BCUT2D eigenvalue weighted by Crippen LogP contribution is 2.53. The van der Waals surface area contributed by atoms with Crippen LogP contribution in [0.5, 0.6) is 0 Å². The highest BCUT2D eigenvalue weighted by atomic mass is 33.1. The zero-order chi connectivity index (χ0) is 27.1. The molecule has 4 heterocycles. The van der Waals surface area contributed by atoms with Crippen molar-refractivity contribution >= 4 is 44.4 Å². The molecule has 0 fully saturated rings. The molecule has 4 aliphatic rings. The Bertz CT molecular complexity index is 1690. The predicted octanol–water partition coefficient (Wildman–Crippen LogP) is 5.87. The Morgan fingerprint density at radius 1 is 0.525 bits per heavy atom. The van der Waals surface area contributed by atoms with Crippen molar-refractivity contribution in [2.45, 2.75) is 35.5 Å². The molecule has 2 aromatic carbocycles. The van der Waals surface area contributed by atoms with Gasteiger partial charge < -0.3 is 9.80 Å². The lowest BCUT2D eigenvalue weighted by atomic mass is 9.84. The van der Waals surface area contributed by atoms with Gasteiger partial charge in [-0.1, -0.05) is 33.7 Å².